The molecule has 2 aromatic rings. The molecule has 3 rings (SSSR count). The summed E-state index contributed by atoms with van der Waals surface area (Å²) in [5, 5.41) is 0.300. The van der Waals surface area contributed by atoms with Gasteiger partial charge in [0.15, 0.2) is 0 Å². The Bertz CT molecular complexity index is 667. The number of carbonyl (C=O) groups excluding carboxylic acids is 1. The van der Waals surface area contributed by atoms with E-state index in [1.807, 2.05) is 12.1 Å². The highest BCUT2D eigenvalue weighted by atomic mass is 35.5. The van der Waals surface area contributed by atoms with Gasteiger partial charge in [-0.3, -0.25) is 9.78 Å². The number of hydrogen-bond acceptors (Lipinski definition) is 3. The summed E-state index contributed by atoms with van der Waals surface area (Å²) in [5.41, 5.74) is 1.37. The Morgan fingerprint density at radius 1 is 1.13 bits per heavy atom. The zero-order valence-corrected chi connectivity index (χ0v) is 13.3. The lowest BCUT2D eigenvalue weighted by Gasteiger charge is -2.36. The number of hydrogen-bond donors (Lipinski definition) is 0. The maximum Gasteiger partial charge on any atom is 0.227 e. The second-order valence-electron chi connectivity index (χ2n) is 5.45. The lowest BCUT2D eigenvalue weighted by atomic mass is 10.1. The van der Waals surface area contributed by atoms with Crippen LogP contribution in [-0.4, -0.2) is 42.0 Å². The minimum Gasteiger partial charge on any atom is -0.368 e. The van der Waals surface area contributed by atoms with Gasteiger partial charge in [0.1, 0.15) is 5.82 Å². The quantitative estimate of drug-likeness (QED) is 0.866. The molecule has 0 N–H and O–H groups in total. The van der Waals surface area contributed by atoms with Crippen molar-refractivity contribution in [1.82, 2.24) is 9.88 Å². The van der Waals surface area contributed by atoms with Gasteiger partial charge in [0, 0.05) is 54.8 Å². The van der Waals surface area contributed by atoms with Crippen molar-refractivity contribution in [3.8, 4) is 0 Å². The number of halogens is 2. The van der Waals surface area contributed by atoms with E-state index in [0.717, 1.165) is 18.8 Å². The molecule has 1 aliphatic rings. The molecule has 0 saturated carbocycles. The molecule has 23 heavy (non-hydrogen) atoms. The third-order valence-electron chi connectivity index (χ3n) is 4.05. The van der Waals surface area contributed by atoms with Crippen LogP contribution in [0.2, 0.25) is 5.02 Å². The van der Waals surface area contributed by atoms with Crippen LogP contribution in [0.25, 0.3) is 0 Å². The van der Waals surface area contributed by atoms with Gasteiger partial charge in [-0.25, -0.2) is 4.39 Å². The SMILES string of the molecule is O=C(Cc1c(F)cccc1Cl)N1CCN(c2ccncc2)CC1. The number of carbonyl (C=O) groups is 1. The monoisotopic (exact) mass is 333 g/mol. The average Bonchev–Trinajstić information content (AvgIpc) is 2.59. The second kappa shape index (κ2) is 6.96. The van der Waals surface area contributed by atoms with Crippen molar-refractivity contribution in [2.24, 2.45) is 0 Å². The summed E-state index contributed by atoms with van der Waals surface area (Å²) in [6, 6.07) is 8.39. The van der Waals surface area contributed by atoms with Gasteiger partial charge in [-0.05, 0) is 24.3 Å². The Morgan fingerprint density at radius 2 is 1.83 bits per heavy atom. The molecule has 0 spiro atoms. The predicted molar refractivity (Wildman–Crippen MR) is 88.1 cm³/mol. The molecule has 6 heteroatoms. The van der Waals surface area contributed by atoms with Gasteiger partial charge in [0.25, 0.3) is 0 Å². The number of piperazine rings is 1. The van der Waals surface area contributed by atoms with E-state index in [1.54, 1.807) is 29.4 Å². The molecule has 4 nitrogen and oxygen atoms in total. The molecule has 1 aromatic carbocycles. The van der Waals surface area contributed by atoms with Crippen molar-refractivity contribution >= 4 is 23.2 Å². The number of amides is 1. The van der Waals surface area contributed by atoms with Crippen molar-refractivity contribution in [1.29, 1.82) is 0 Å². The number of anilines is 1. The lowest BCUT2D eigenvalue weighted by molar-refractivity contribution is -0.130. The summed E-state index contributed by atoms with van der Waals surface area (Å²) in [6.45, 7) is 2.74. The van der Waals surface area contributed by atoms with Gasteiger partial charge < -0.3 is 9.80 Å². The number of pyridine rings is 1. The molecule has 1 saturated heterocycles. The molecule has 1 aromatic heterocycles. The van der Waals surface area contributed by atoms with Gasteiger partial charge in [-0.1, -0.05) is 17.7 Å². The van der Waals surface area contributed by atoms with Crippen LogP contribution in [0, 0.1) is 5.82 Å². The Balaban J connectivity index is 1.60. The van der Waals surface area contributed by atoms with Crippen LogP contribution in [0.4, 0.5) is 10.1 Å². The van der Waals surface area contributed by atoms with Gasteiger partial charge in [0.2, 0.25) is 5.91 Å². The normalized spacial score (nSPS) is 14.9. The molecule has 1 fully saturated rings. The van der Waals surface area contributed by atoms with Crippen molar-refractivity contribution in [2.45, 2.75) is 6.42 Å². The van der Waals surface area contributed by atoms with Crippen LogP contribution in [0.3, 0.4) is 0 Å². The molecule has 0 aliphatic carbocycles. The Kier molecular flexibility index (Phi) is 4.76. The van der Waals surface area contributed by atoms with Crippen molar-refractivity contribution in [2.75, 3.05) is 31.1 Å². The van der Waals surface area contributed by atoms with E-state index in [-0.39, 0.29) is 17.9 Å². The van der Waals surface area contributed by atoms with E-state index in [4.69, 9.17) is 11.6 Å². The topological polar surface area (TPSA) is 36.4 Å². The van der Waals surface area contributed by atoms with Crippen LogP contribution < -0.4 is 4.90 Å². The largest absolute Gasteiger partial charge is 0.368 e. The van der Waals surface area contributed by atoms with Gasteiger partial charge in [0.05, 0.1) is 6.42 Å². The first-order valence-corrected chi connectivity index (χ1v) is 7.88. The van der Waals surface area contributed by atoms with Crippen molar-refractivity contribution in [3.63, 3.8) is 0 Å². The number of benzene rings is 1. The molecule has 1 amide bonds. The third-order valence-corrected chi connectivity index (χ3v) is 4.40. The number of aromatic nitrogens is 1. The van der Waals surface area contributed by atoms with Crippen LogP contribution in [0.15, 0.2) is 42.7 Å². The number of rotatable bonds is 3. The zero-order valence-electron chi connectivity index (χ0n) is 12.6. The highest BCUT2D eigenvalue weighted by Gasteiger charge is 2.22. The van der Waals surface area contributed by atoms with Gasteiger partial charge >= 0.3 is 0 Å². The minimum absolute atomic E-state index is 0.000758. The smallest absolute Gasteiger partial charge is 0.227 e. The van der Waals surface area contributed by atoms with E-state index >= 15 is 0 Å². The standard InChI is InChI=1S/C17H17ClFN3O/c18-15-2-1-3-16(19)14(15)12-17(23)22-10-8-21(9-11-22)13-4-6-20-7-5-13/h1-7H,8-12H2. The fourth-order valence-corrected chi connectivity index (χ4v) is 2.96. The highest BCUT2D eigenvalue weighted by Crippen LogP contribution is 2.21. The van der Waals surface area contributed by atoms with Crippen LogP contribution in [0.5, 0.6) is 0 Å². The van der Waals surface area contributed by atoms with E-state index in [2.05, 4.69) is 9.88 Å². The summed E-state index contributed by atoms with van der Waals surface area (Å²) >= 11 is 5.99. The van der Waals surface area contributed by atoms with Crippen LogP contribution >= 0.6 is 11.6 Å². The fraction of sp³-hybridized carbons (Fsp3) is 0.294. The van der Waals surface area contributed by atoms with Crippen LogP contribution in [-0.2, 0) is 11.2 Å². The van der Waals surface area contributed by atoms with Gasteiger partial charge in [-0.15, -0.1) is 0 Å². The fourth-order valence-electron chi connectivity index (χ4n) is 2.73. The summed E-state index contributed by atoms with van der Waals surface area (Å²) in [7, 11) is 0. The predicted octanol–water partition coefficient (Wildman–Crippen LogP) is 2.77. The first-order valence-electron chi connectivity index (χ1n) is 7.51. The number of nitrogens with zero attached hydrogens (tertiary/aromatic N) is 3. The van der Waals surface area contributed by atoms with E-state index < -0.39 is 5.82 Å². The van der Waals surface area contributed by atoms with E-state index in [9.17, 15) is 9.18 Å². The summed E-state index contributed by atoms with van der Waals surface area (Å²) < 4.78 is 13.8. The van der Waals surface area contributed by atoms with Gasteiger partial charge in [-0.2, -0.15) is 0 Å². The van der Waals surface area contributed by atoms with E-state index in [1.165, 1.54) is 6.07 Å². The first-order chi connectivity index (χ1) is 11.1. The molecular formula is C17H17ClFN3O. The minimum atomic E-state index is -0.429. The summed E-state index contributed by atoms with van der Waals surface area (Å²) in [4.78, 5) is 20.4. The molecule has 120 valence electrons. The molecule has 0 unspecified atom stereocenters. The lowest BCUT2D eigenvalue weighted by Crippen LogP contribution is -2.49. The maximum absolute atomic E-state index is 13.8. The molecule has 0 radical (unpaired) electrons. The Hall–Kier alpha value is -2.14. The first kappa shape index (κ1) is 15.7. The van der Waals surface area contributed by atoms with Crippen LogP contribution in [0.1, 0.15) is 5.56 Å². The Morgan fingerprint density at radius 3 is 2.48 bits per heavy atom. The van der Waals surface area contributed by atoms with Crippen molar-refractivity contribution < 1.29 is 9.18 Å². The molecule has 1 aliphatic heterocycles. The summed E-state index contributed by atoms with van der Waals surface area (Å²) in [6.07, 6.45) is 3.51. The molecule has 2 heterocycles. The molecular weight excluding hydrogens is 317 g/mol. The van der Waals surface area contributed by atoms with Crippen molar-refractivity contribution in [3.05, 3.63) is 59.1 Å². The zero-order chi connectivity index (χ0) is 16.2. The molecule has 0 bridgehead atoms. The maximum atomic E-state index is 13.8. The highest BCUT2D eigenvalue weighted by molar-refractivity contribution is 6.31. The molecule has 0 atom stereocenters. The Labute approximate surface area is 139 Å². The second-order valence-corrected chi connectivity index (χ2v) is 5.86. The van der Waals surface area contributed by atoms with E-state index in [0.29, 0.717) is 18.1 Å². The third kappa shape index (κ3) is 3.62. The summed E-state index contributed by atoms with van der Waals surface area (Å²) in [5.74, 6) is -0.521. The average molecular weight is 334 g/mol.